The number of benzene rings is 2. The van der Waals surface area contributed by atoms with Crippen LogP contribution in [0.25, 0.3) is 0 Å². The molecule has 1 aromatic heterocycles. The maximum Gasteiger partial charge on any atom is 0.587 e. The summed E-state index contributed by atoms with van der Waals surface area (Å²) < 4.78 is 37.2. The van der Waals surface area contributed by atoms with Gasteiger partial charge in [0.1, 0.15) is 17.6 Å². The molecule has 178 valence electrons. The number of hydrogen-bond acceptors (Lipinski definition) is 7. The number of aromatic nitrogens is 2. The van der Waals surface area contributed by atoms with Crippen LogP contribution in [0.15, 0.2) is 76.5 Å². The molecule has 4 rings (SSSR count). The van der Waals surface area contributed by atoms with E-state index in [9.17, 15) is 14.2 Å². The number of H-pyrrole nitrogens is 1. The monoisotopic (exact) mass is 524 g/mol. The number of phosphoric acid groups is 1. The number of ether oxygens (including phenoxy) is 1. The van der Waals surface area contributed by atoms with Gasteiger partial charge in [0.15, 0.2) is 6.23 Å². The summed E-state index contributed by atoms with van der Waals surface area (Å²) in [4.78, 5) is 25.9. The molecule has 1 aliphatic heterocycles. The predicted octanol–water partition coefficient (Wildman–Crippen LogP) is 4.89. The number of nitrogens with zero attached hydrogens (tertiary/aromatic N) is 1. The van der Waals surface area contributed by atoms with E-state index in [0.717, 1.165) is 0 Å². The van der Waals surface area contributed by atoms with E-state index in [1.165, 1.54) is 35.0 Å². The van der Waals surface area contributed by atoms with Crippen molar-refractivity contribution in [1.82, 2.24) is 9.55 Å². The zero-order valence-corrected chi connectivity index (χ0v) is 20.1. The first-order valence-corrected chi connectivity index (χ1v) is 12.2. The summed E-state index contributed by atoms with van der Waals surface area (Å²) in [6.45, 7) is 1.37. The van der Waals surface area contributed by atoms with Crippen LogP contribution in [-0.2, 0) is 13.8 Å². The van der Waals surface area contributed by atoms with Crippen molar-refractivity contribution in [3.05, 3.63) is 103 Å². The molecule has 0 spiro atoms. The Kier molecular flexibility index (Phi) is 7.30. The van der Waals surface area contributed by atoms with Crippen molar-refractivity contribution < 1.29 is 22.9 Å². The maximum absolute atomic E-state index is 13.5. The minimum atomic E-state index is -4.18. The third-order valence-electron chi connectivity index (χ3n) is 4.68. The Morgan fingerprint density at radius 3 is 2.09 bits per heavy atom. The van der Waals surface area contributed by atoms with E-state index in [4.69, 9.17) is 41.5 Å². The SMILES string of the molecule is Cc1cn([C@H]2C=C[C@@H](COP(=O)(Oc3ccc(Cl)cc3)Oc3ccc(Cl)cc3)O2)c(=O)[nH]c1=O. The van der Waals surface area contributed by atoms with Crippen LogP contribution in [0.3, 0.4) is 0 Å². The minimum absolute atomic E-state index is 0.206. The molecule has 2 heterocycles. The van der Waals surface area contributed by atoms with Gasteiger partial charge in [0.2, 0.25) is 0 Å². The lowest BCUT2D eigenvalue weighted by molar-refractivity contribution is -0.00952. The first-order chi connectivity index (χ1) is 16.2. The van der Waals surface area contributed by atoms with Crippen molar-refractivity contribution in [2.45, 2.75) is 19.3 Å². The van der Waals surface area contributed by atoms with Gasteiger partial charge in [-0.2, -0.15) is 0 Å². The Morgan fingerprint density at radius 2 is 1.53 bits per heavy atom. The van der Waals surface area contributed by atoms with Crippen LogP contribution in [0.4, 0.5) is 0 Å². The average Bonchev–Trinajstić information content (AvgIpc) is 3.27. The van der Waals surface area contributed by atoms with E-state index in [-0.39, 0.29) is 18.1 Å². The van der Waals surface area contributed by atoms with Crippen molar-refractivity contribution in [3.63, 3.8) is 0 Å². The molecule has 9 nitrogen and oxygen atoms in total. The van der Waals surface area contributed by atoms with E-state index in [1.54, 1.807) is 43.3 Å². The molecule has 3 aromatic rings. The molecule has 12 heteroatoms. The fourth-order valence-electron chi connectivity index (χ4n) is 3.00. The first-order valence-electron chi connectivity index (χ1n) is 10.0. The third-order valence-corrected chi connectivity index (χ3v) is 6.52. The molecule has 2 atom stereocenters. The molecule has 1 aliphatic rings. The van der Waals surface area contributed by atoms with Gasteiger partial charge in [-0.3, -0.25) is 18.9 Å². The molecule has 0 fully saturated rings. The number of aromatic amines is 1. The van der Waals surface area contributed by atoms with Crippen molar-refractivity contribution >= 4 is 31.0 Å². The molecule has 0 saturated carbocycles. The van der Waals surface area contributed by atoms with Crippen LogP contribution in [0, 0.1) is 6.92 Å². The van der Waals surface area contributed by atoms with Crippen LogP contribution < -0.4 is 20.3 Å². The largest absolute Gasteiger partial charge is 0.587 e. The zero-order valence-electron chi connectivity index (χ0n) is 17.7. The summed E-state index contributed by atoms with van der Waals surface area (Å²) in [5.74, 6) is 0.440. The van der Waals surface area contributed by atoms with Crippen molar-refractivity contribution in [3.8, 4) is 11.5 Å². The molecule has 1 N–H and O–H groups in total. The highest BCUT2D eigenvalue weighted by molar-refractivity contribution is 7.49. The standard InChI is InChI=1S/C22H19Cl2N2O7P/c1-14-12-26(22(28)25-21(14)27)20-11-10-19(31-20)13-30-34(29,32-17-6-2-15(23)3-7-17)33-18-8-4-16(24)5-9-18/h2-12,19-20H,13H2,1H3,(H,25,27,28)/t19-,20+/m0/s1. The van der Waals surface area contributed by atoms with Gasteiger partial charge in [-0.15, -0.1) is 0 Å². The fraction of sp³-hybridized carbons (Fsp3) is 0.182. The van der Waals surface area contributed by atoms with Crippen LogP contribution >= 0.6 is 31.0 Å². The van der Waals surface area contributed by atoms with E-state index in [2.05, 4.69) is 4.98 Å². The smallest absolute Gasteiger partial charge is 0.395 e. The summed E-state index contributed by atoms with van der Waals surface area (Å²) in [5, 5.41) is 0.954. The highest BCUT2D eigenvalue weighted by Gasteiger charge is 2.33. The molecule has 0 amide bonds. The molecule has 34 heavy (non-hydrogen) atoms. The quantitative estimate of drug-likeness (QED) is 0.330. The molecule has 2 aromatic carbocycles. The summed E-state index contributed by atoms with van der Waals surface area (Å²) >= 11 is 11.8. The third kappa shape index (κ3) is 6.00. The Hall–Kier alpha value is -2.81. The van der Waals surface area contributed by atoms with Crippen LogP contribution in [-0.4, -0.2) is 22.3 Å². The topological polar surface area (TPSA) is 109 Å². The summed E-state index contributed by atoms with van der Waals surface area (Å²) in [5.41, 5.74) is -0.731. The average molecular weight is 525 g/mol. The highest BCUT2D eigenvalue weighted by atomic mass is 35.5. The van der Waals surface area contributed by atoms with Crippen molar-refractivity contribution in [2.75, 3.05) is 6.61 Å². The Morgan fingerprint density at radius 1 is 0.971 bits per heavy atom. The van der Waals surface area contributed by atoms with Crippen molar-refractivity contribution in [2.24, 2.45) is 0 Å². The van der Waals surface area contributed by atoms with Gasteiger partial charge in [0.05, 0.1) is 6.61 Å². The molecular formula is C22H19Cl2N2O7P. The van der Waals surface area contributed by atoms with Gasteiger partial charge < -0.3 is 13.8 Å². The number of nitrogens with one attached hydrogen (secondary N) is 1. The second-order valence-electron chi connectivity index (χ2n) is 7.26. The molecular weight excluding hydrogens is 506 g/mol. The first kappa shape index (κ1) is 24.3. The lowest BCUT2D eigenvalue weighted by atomic mass is 10.3. The van der Waals surface area contributed by atoms with Gasteiger partial charge in [0, 0.05) is 21.8 Å². The van der Waals surface area contributed by atoms with Gasteiger partial charge in [0.25, 0.3) is 5.56 Å². The number of rotatable bonds is 8. The van der Waals surface area contributed by atoms with Gasteiger partial charge >= 0.3 is 13.5 Å². The Bertz CT molecular complexity index is 1300. The maximum atomic E-state index is 13.5. The van der Waals surface area contributed by atoms with Crippen LogP contribution in [0.2, 0.25) is 10.0 Å². The molecule has 0 radical (unpaired) electrons. The molecule has 0 bridgehead atoms. The summed E-state index contributed by atoms with van der Waals surface area (Å²) in [6.07, 6.45) is 3.23. The Labute approximate surface area is 204 Å². The van der Waals surface area contributed by atoms with Crippen LogP contribution in [0.5, 0.6) is 11.5 Å². The lowest BCUT2D eigenvalue weighted by Crippen LogP contribution is -2.33. The van der Waals surface area contributed by atoms with E-state index < -0.39 is 31.4 Å². The molecule has 0 aliphatic carbocycles. The number of aryl methyl sites for hydroxylation is 1. The van der Waals surface area contributed by atoms with Crippen molar-refractivity contribution in [1.29, 1.82) is 0 Å². The number of halogens is 2. The summed E-state index contributed by atoms with van der Waals surface area (Å²) in [7, 11) is -4.18. The van der Waals surface area contributed by atoms with E-state index >= 15 is 0 Å². The van der Waals surface area contributed by atoms with E-state index in [1.807, 2.05) is 0 Å². The zero-order chi connectivity index (χ0) is 24.3. The highest BCUT2D eigenvalue weighted by Crippen LogP contribution is 2.50. The van der Waals surface area contributed by atoms with Gasteiger partial charge in [-0.1, -0.05) is 29.3 Å². The predicted molar refractivity (Wildman–Crippen MR) is 127 cm³/mol. The number of phosphoric ester groups is 1. The van der Waals surface area contributed by atoms with Gasteiger partial charge in [-0.05, 0) is 61.5 Å². The molecule has 0 unspecified atom stereocenters. The number of hydrogen-bond donors (Lipinski definition) is 1. The summed E-state index contributed by atoms with van der Waals surface area (Å²) in [6, 6.07) is 12.4. The Balaban J connectivity index is 1.47. The normalized spacial score (nSPS) is 17.6. The van der Waals surface area contributed by atoms with E-state index in [0.29, 0.717) is 15.6 Å². The lowest BCUT2D eigenvalue weighted by Gasteiger charge is -2.21. The second-order valence-corrected chi connectivity index (χ2v) is 9.65. The fourth-order valence-corrected chi connectivity index (χ4v) is 4.49. The van der Waals surface area contributed by atoms with Crippen LogP contribution in [0.1, 0.15) is 11.8 Å². The van der Waals surface area contributed by atoms with Gasteiger partial charge in [-0.25, -0.2) is 9.36 Å². The second kappa shape index (κ2) is 10.2. The minimum Gasteiger partial charge on any atom is -0.395 e. The molecule has 0 saturated heterocycles.